The minimum Gasteiger partial charge on any atom is -0.478 e. The number of hydrogen-bond acceptors (Lipinski definition) is 1. The van der Waals surface area contributed by atoms with Crippen molar-refractivity contribution < 1.29 is 9.31 Å². The van der Waals surface area contributed by atoms with Crippen molar-refractivity contribution in [1.82, 2.24) is 4.57 Å². The SMILES string of the molecule is Cc1cc(C)c(C)c(C2=[N+](C)C=CC3c4ccc(-n5c6ccccc6c6cc(CC(C)(C)C)ccc65)cc4OC23)c1. The zero-order valence-electron chi connectivity index (χ0n) is 25.2. The van der Waals surface area contributed by atoms with Crippen LogP contribution in [0.4, 0.5) is 0 Å². The molecular weight excluding hydrogens is 500 g/mol. The largest absolute Gasteiger partial charge is 0.478 e. The van der Waals surface area contributed by atoms with Crippen molar-refractivity contribution in [3.8, 4) is 11.4 Å². The highest BCUT2D eigenvalue weighted by atomic mass is 16.5. The highest BCUT2D eigenvalue weighted by Crippen LogP contribution is 2.44. The van der Waals surface area contributed by atoms with Gasteiger partial charge in [-0.3, -0.25) is 0 Å². The van der Waals surface area contributed by atoms with Crippen LogP contribution < -0.4 is 4.74 Å². The summed E-state index contributed by atoms with van der Waals surface area (Å²) in [6.45, 7) is 13.5. The second kappa shape index (κ2) is 9.21. The Balaban J connectivity index is 1.34. The standard InChI is InChI=1S/C38H39N2O/c1-23-18-24(2)25(3)31(19-23)36-37-30(16-17-39(36)7)29-14-13-27(21-35(29)41-37)40-33-11-9-8-10-28(33)32-20-26(12-15-34(32)40)22-38(4,5)6/h8-21,30,37H,22H2,1-7H3/q+1. The van der Waals surface area contributed by atoms with Gasteiger partial charge in [-0.15, -0.1) is 0 Å². The van der Waals surface area contributed by atoms with Crippen LogP contribution in [0.15, 0.2) is 85.1 Å². The van der Waals surface area contributed by atoms with Gasteiger partial charge in [0.25, 0.3) is 0 Å². The van der Waals surface area contributed by atoms with Gasteiger partial charge in [0.1, 0.15) is 12.8 Å². The number of hydrogen-bond donors (Lipinski definition) is 0. The quantitative estimate of drug-likeness (QED) is 0.209. The summed E-state index contributed by atoms with van der Waals surface area (Å²) in [5.74, 6) is 1.18. The summed E-state index contributed by atoms with van der Waals surface area (Å²) in [7, 11) is 2.14. The van der Waals surface area contributed by atoms with Crippen LogP contribution in [0.5, 0.6) is 5.75 Å². The molecule has 0 aliphatic carbocycles. The molecule has 0 saturated heterocycles. The Hall–Kier alpha value is -4.11. The molecule has 3 heteroatoms. The molecule has 4 aromatic carbocycles. The maximum Gasteiger partial charge on any atom is 0.230 e. The van der Waals surface area contributed by atoms with E-state index in [0.29, 0.717) is 0 Å². The minimum atomic E-state index is -0.0479. The van der Waals surface area contributed by atoms with E-state index in [4.69, 9.17) is 4.74 Å². The lowest BCUT2D eigenvalue weighted by atomic mass is 9.85. The van der Waals surface area contributed by atoms with E-state index in [1.165, 1.54) is 60.9 Å². The molecule has 0 fully saturated rings. The van der Waals surface area contributed by atoms with Crippen molar-refractivity contribution in [2.75, 3.05) is 7.05 Å². The first-order valence-electron chi connectivity index (χ1n) is 14.8. The van der Waals surface area contributed by atoms with Crippen molar-refractivity contribution in [1.29, 1.82) is 0 Å². The van der Waals surface area contributed by atoms with E-state index >= 15 is 0 Å². The van der Waals surface area contributed by atoms with Crippen LogP contribution in [0, 0.1) is 26.2 Å². The summed E-state index contributed by atoms with van der Waals surface area (Å²) in [6, 6.07) is 27.2. The van der Waals surface area contributed by atoms with Crippen molar-refractivity contribution in [3.63, 3.8) is 0 Å². The van der Waals surface area contributed by atoms with Gasteiger partial charge < -0.3 is 9.30 Å². The van der Waals surface area contributed by atoms with Gasteiger partial charge >= 0.3 is 0 Å². The van der Waals surface area contributed by atoms with E-state index in [1.54, 1.807) is 0 Å². The zero-order chi connectivity index (χ0) is 28.6. The van der Waals surface area contributed by atoms with Crippen molar-refractivity contribution >= 4 is 27.5 Å². The molecule has 0 amide bonds. The zero-order valence-corrected chi connectivity index (χ0v) is 25.2. The van der Waals surface area contributed by atoms with E-state index in [2.05, 4.69) is 143 Å². The highest BCUT2D eigenvalue weighted by molar-refractivity contribution is 6.09. The number of ether oxygens (including phenoxy) is 1. The summed E-state index contributed by atoms with van der Waals surface area (Å²) in [4.78, 5) is 0. The number of nitrogens with zero attached hydrogens (tertiary/aromatic N) is 2. The lowest BCUT2D eigenvalue weighted by molar-refractivity contribution is -0.427. The lowest BCUT2D eigenvalue weighted by Crippen LogP contribution is -2.37. The Labute approximate surface area is 243 Å². The van der Waals surface area contributed by atoms with Crippen molar-refractivity contribution in [2.45, 2.75) is 60.0 Å². The van der Waals surface area contributed by atoms with E-state index in [9.17, 15) is 0 Å². The molecule has 0 radical (unpaired) electrons. The van der Waals surface area contributed by atoms with E-state index < -0.39 is 0 Å². The van der Waals surface area contributed by atoms with Crippen molar-refractivity contribution in [3.05, 3.63) is 118 Å². The van der Waals surface area contributed by atoms with Gasteiger partial charge in [0, 0.05) is 33.7 Å². The van der Waals surface area contributed by atoms with Crippen LogP contribution in [0.1, 0.15) is 60.1 Å². The van der Waals surface area contributed by atoms with Gasteiger partial charge in [0.2, 0.25) is 5.71 Å². The number of fused-ring (bicyclic) bond motifs is 6. The second-order valence-electron chi connectivity index (χ2n) is 13.3. The summed E-state index contributed by atoms with van der Waals surface area (Å²) in [5, 5.41) is 2.60. The highest BCUT2D eigenvalue weighted by Gasteiger charge is 2.44. The Morgan fingerprint density at radius 1 is 0.854 bits per heavy atom. The molecule has 3 heterocycles. The molecule has 2 unspecified atom stereocenters. The van der Waals surface area contributed by atoms with Crippen LogP contribution >= 0.6 is 0 Å². The first-order valence-corrected chi connectivity index (χ1v) is 14.8. The van der Waals surface area contributed by atoms with E-state index in [0.717, 1.165) is 17.9 Å². The maximum atomic E-state index is 6.88. The van der Waals surface area contributed by atoms with Crippen LogP contribution in [-0.2, 0) is 6.42 Å². The first kappa shape index (κ1) is 25.8. The minimum absolute atomic E-state index is 0.0479. The third-order valence-electron chi connectivity index (χ3n) is 8.92. The van der Waals surface area contributed by atoms with Gasteiger partial charge in [-0.1, -0.05) is 62.7 Å². The average molecular weight is 540 g/mol. The average Bonchev–Trinajstić information content (AvgIpc) is 3.45. The normalized spacial score (nSPS) is 18.2. The monoisotopic (exact) mass is 539 g/mol. The fourth-order valence-corrected chi connectivity index (χ4v) is 7.02. The Kier molecular flexibility index (Phi) is 5.80. The van der Waals surface area contributed by atoms with Crippen LogP contribution in [0.3, 0.4) is 0 Å². The molecule has 2 aliphatic heterocycles. The fourth-order valence-electron chi connectivity index (χ4n) is 7.02. The van der Waals surface area contributed by atoms with Gasteiger partial charge in [-0.25, -0.2) is 4.58 Å². The summed E-state index contributed by atoms with van der Waals surface area (Å²) in [6.07, 6.45) is 5.52. The van der Waals surface area contributed by atoms with Gasteiger partial charge in [0.05, 0.1) is 17.0 Å². The molecule has 41 heavy (non-hydrogen) atoms. The van der Waals surface area contributed by atoms with E-state index in [-0.39, 0.29) is 17.4 Å². The Bertz CT molecular complexity index is 1930. The number of rotatable bonds is 3. The first-order chi connectivity index (χ1) is 19.6. The van der Waals surface area contributed by atoms with Gasteiger partial charge in [-0.05, 0) is 85.7 Å². The fraction of sp³-hybridized carbons (Fsp3) is 0.289. The molecule has 1 aromatic heterocycles. The molecule has 2 aliphatic rings. The molecule has 0 N–H and O–H groups in total. The number of aryl methyl sites for hydroxylation is 2. The predicted octanol–water partition coefficient (Wildman–Crippen LogP) is 8.80. The molecule has 206 valence electrons. The van der Waals surface area contributed by atoms with Crippen molar-refractivity contribution in [2.24, 2.45) is 5.41 Å². The third-order valence-corrected chi connectivity index (χ3v) is 8.92. The van der Waals surface area contributed by atoms with Gasteiger partial charge in [0.15, 0.2) is 12.3 Å². The molecule has 7 rings (SSSR count). The molecule has 0 saturated carbocycles. The van der Waals surface area contributed by atoms with Crippen LogP contribution in [0.2, 0.25) is 0 Å². The molecule has 0 spiro atoms. The van der Waals surface area contributed by atoms with E-state index in [1.807, 2.05) is 0 Å². The number of aromatic nitrogens is 1. The van der Waals surface area contributed by atoms with Crippen LogP contribution in [0.25, 0.3) is 27.5 Å². The molecular formula is C38H39N2O+. The Morgan fingerprint density at radius 2 is 1.63 bits per heavy atom. The molecule has 5 aromatic rings. The van der Waals surface area contributed by atoms with Gasteiger partial charge in [-0.2, -0.15) is 0 Å². The third kappa shape index (κ3) is 4.22. The maximum absolute atomic E-state index is 6.88. The predicted molar refractivity (Wildman–Crippen MR) is 171 cm³/mol. The molecule has 3 nitrogen and oxygen atoms in total. The second-order valence-corrected chi connectivity index (χ2v) is 13.3. The molecule has 0 bridgehead atoms. The topological polar surface area (TPSA) is 17.2 Å². The number of benzene rings is 4. The summed E-state index contributed by atoms with van der Waals surface area (Å²) in [5.41, 5.74) is 12.9. The van der Waals surface area contributed by atoms with Crippen LogP contribution in [-0.4, -0.2) is 28.0 Å². The smallest absolute Gasteiger partial charge is 0.230 e. The Morgan fingerprint density at radius 3 is 2.44 bits per heavy atom. The number of para-hydroxylation sites is 1. The summed E-state index contributed by atoms with van der Waals surface area (Å²) < 4.78 is 11.5. The lowest BCUT2D eigenvalue weighted by Gasteiger charge is -2.21. The summed E-state index contributed by atoms with van der Waals surface area (Å²) >= 11 is 0. The molecule has 2 atom stereocenters.